The van der Waals surface area contributed by atoms with Crippen molar-refractivity contribution in [3.8, 4) is 16.9 Å². The van der Waals surface area contributed by atoms with Crippen molar-refractivity contribution < 1.29 is 28.3 Å². The molecule has 2 amide bonds. The molecule has 3 aromatic rings. The van der Waals surface area contributed by atoms with Gasteiger partial charge in [-0.3, -0.25) is 9.59 Å². The average Bonchev–Trinajstić information content (AvgIpc) is 3.41. The van der Waals surface area contributed by atoms with Gasteiger partial charge >= 0.3 is 5.97 Å². The molecule has 0 saturated carbocycles. The monoisotopic (exact) mass is 448 g/mol. The molecule has 33 heavy (non-hydrogen) atoms. The first kappa shape index (κ1) is 22.1. The third-order valence-electron chi connectivity index (χ3n) is 5.33. The van der Waals surface area contributed by atoms with Gasteiger partial charge in [0.1, 0.15) is 5.75 Å². The Morgan fingerprint density at radius 1 is 0.788 bits per heavy atom. The first-order valence-corrected chi connectivity index (χ1v) is 10.7. The Morgan fingerprint density at radius 2 is 1.48 bits per heavy atom. The van der Waals surface area contributed by atoms with Gasteiger partial charge in [0.15, 0.2) is 19.0 Å². The molecule has 0 atom stereocenters. The molecule has 8 nitrogen and oxygen atoms in total. The highest BCUT2D eigenvalue weighted by atomic mass is 16.6. The zero-order valence-electron chi connectivity index (χ0n) is 18.0. The predicted molar refractivity (Wildman–Crippen MR) is 120 cm³/mol. The summed E-state index contributed by atoms with van der Waals surface area (Å²) in [5, 5.41) is 0. The van der Waals surface area contributed by atoms with E-state index in [2.05, 4.69) is 0 Å². The molecule has 2 aromatic carbocycles. The molecule has 0 N–H and O–H groups in total. The minimum atomic E-state index is -0.627. The number of hydrogen-bond acceptors (Lipinski definition) is 6. The van der Waals surface area contributed by atoms with Crippen LogP contribution in [-0.4, -0.2) is 67.0 Å². The summed E-state index contributed by atoms with van der Waals surface area (Å²) in [5.41, 5.74) is 1.84. The summed E-state index contributed by atoms with van der Waals surface area (Å²) in [7, 11) is 0. The molecule has 1 fully saturated rings. The molecular weight excluding hydrogens is 424 g/mol. The van der Waals surface area contributed by atoms with E-state index in [4.69, 9.17) is 13.9 Å². The van der Waals surface area contributed by atoms with Crippen LogP contribution in [0.4, 0.5) is 0 Å². The van der Waals surface area contributed by atoms with Crippen molar-refractivity contribution in [2.24, 2.45) is 0 Å². The van der Waals surface area contributed by atoms with Crippen molar-refractivity contribution in [2.75, 3.05) is 39.4 Å². The first-order valence-electron chi connectivity index (χ1n) is 10.7. The Kier molecular flexibility index (Phi) is 7.04. The van der Waals surface area contributed by atoms with Gasteiger partial charge in [-0.15, -0.1) is 0 Å². The number of furan rings is 1. The largest absolute Gasteiger partial charge is 0.481 e. The number of nitrogens with zero attached hydrogens (tertiary/aromatic N) is 2. The van der Waals surface area contributed by atoms with Crippen LogP contribution < -0.4 is 4.74 Å². The van der Waals surface area contributed by atoms with Crippen molar-refractivity contribution in [3.63, 3.8) is 0 Å². The summed E-state index contributed by atoms with van der Waals surface area (Å²) in [6.45, 7) is 0.835. The molecule has 1 aliphatic rings. The molecular formula is C25H24N2O6. The Bertz CT molecular complexity index is 1090. The van der Waals surface area contributed by atoms with Gasteiger partial charge in [-0.2, -0.15) is 0 Å². The lowest BCUT2D eigenvalue weighted by Crippen LogP contribution is -2.51. The highest BCUT2D eigenvalue weighted by Crippen LogP contribution is 2.29. The third kappa shape index (κ3) is 5.60. The number of esters is 1. The second-order valence-corrected chi connectivity index (χ2v) is 7.46. The Hall–Kier alpha value is -4.07. The molecule has 1 aliphatic heterocycles. The highest BCUT2D eigenvalue weighted by Gasteiger charge is 2.26. The van der Waals surface area contributed by atoms with Crippen LogP contribution >= 0.6 is 0 Å². The van der Waals surface area contributed by atoms with Crippen LogP contribution in [0.5, 0.6) is 5.75 Å². The summed E-state index contributed by atoms with van der Waals surface area (Å²) >= 11 is 0. The zero-order chi connectivity index (χ0) is 23.0. The average molecular weight is 448 g/mol. The Morgan fingerprint density at radius 3 is 2.21 bits per heavy atom. The van der Waals surface area contributed by atoms with Crippen molar-refractivity contribution in [3.05, 3.63) is 78.8 Å². The number of hydrogen-bond donors (Lipinski definition) is 0. The van der Waals surface area contributed by atoms with Gasteiger partial charge in [-0.05, 0) is 23.8 Å². The van der Waals surface area contributed by atoms with E-state index in [9.17, 15) is 14.4 Å². The Labute approximate surface area is 191 Å². The number of para-hydroxylation sites is 1. The molecule has 0 unspecified atom stereocenters. The van der Waals surface area contributed by atoms with Crippen LogP contribution in [0.2, 0.25) is 0 Å². The molecule has 0 radical (unpaired) electrons. The van der Waals surface area contributed by atoms with E-state index in [1.54, 1.807) is 28.0 Å². The lowest BCUT2D eigenvalue weighted by atomic mass is 10.1. The third-order valence-corrected chi connectivity index (χ3v) is 5.33. The van der Waals surface area contributed by atoms with Gasteiger partial charge in [0.25, 0.3) is 11.8 Å². The van der Waals surface area contributed by atoms with Crippen LogP contribution in [0.3, 0.4) is 0 Å². The number of amides is 2. The van der Waals surface area contributed by atoms with E-state index in [-0.39, 0.29) is 30.8 Å². The van der Waals surface area contributed by atoms with Crippen LogP contribution in [0.15, 0.2) is 77.4 Å². The Balaban J connectivity index is 1.22. The summed E-state index contributed by atoms with van der Waals surface area (Å²) in [5.74, 6) is -0.302. The van der Waals surface area contributed by atoms with Gasteiger partial charge in [-0.1, -0.05) is 48.5 Å². The van der Waals surface area contributed by atoms with Crippen LogP contribution in [0.25, 0.3) is 11.1 Å². The van der Waals surface area contributed by atoms with Crippen LogP contribution in [-0.2, 0) is 14.3 Å². The lowest BCUT2D eigenvalue weighted by Gasteiger charge is -2.34. The van der Waals surface area contributed by atoms with Gasteiger partial charge in [-0.25, -0.2) is 4.79 Å². The van der Waals surface area contributed by atoms with E-state index in [0.29, 0.717) is 31.9 Å². The maximum atomic E-state index is 12.4. The van der Waals surface area contributed by atoms with E-state index >= 15 is 0 Å². The van der Waals surface area contributed by atoms with Crippen molar-refractivity contribution in [1.82, 2.24) is 9.80 Å². The molecule has 0 bridgehead atoms. The number of benzene rings is 2. The molecule has 4 rings (SSSR count). The van der Waals surface area contributed by atoms with E-state index in [0.717, 1.165) is 11.1 Å². The number of ether oxygens (including phenoxy) is 2. The molecule has 2 heterocycles. The van der Waals surface area contributed by atoms with E-state index in [1.807, 2.05) is 48.5 Å². The van der Waals surface area contributed by atoms with Crippen LogP contribution in [0, 0.1) is 0 Å². The normalized spacial score (nSPS) is 13.5. The van der Waals surface area contributed by atoms with Gasteiger partial charge < -0.3 is 23.7 Å². The minimum Gasteiger partial charge on any atom is -0.481 e. The summed E-state index contributed by atoms with van der Waals surface area (Å²) in [6.07, 6.45) is 1.45. The zero-order valence-corrected chi connectivity index (χ0v) is 18.0. The highest BCUT2D eigenvalue weighted by molar-refractivity contribution is 5.91. The molecule has 0 aliphatic carbocycles. The summed E-state index contributed by atoms with van der Waals surface area (Å²) in [6, 6.07) is 20.4. The summed E-state index contributed by atoms with van der Waals surface area (Å²) < 4.78 is 15.9. The smallest absolute Gasteiger partial charge is 0.344 e. The second kappa shape index (κ2) is 10.5. The molecule has 170 valence electrons. The fraction of sp³-hybridized carbons (Fsp3) is 0.240. The van der Waals surface area contributed by atoms with Gasteiger partial charge in [0, 0.05) is 31.7 Å². The van der Waals surface area contributed by atoms with Crippen molar-refractivity contribution in [1.29, 1.82) is 0 Å². The maximum absolute atomic E-state index is 12.4. The molecule has 1 saturated heterocycles. The first-order chi connectivity index (χ1) is 16.1. The van der Waals surface area contributed by atoms with Gasteiger partial charge in [0.2, 0.25) is 0 Å². The molecule has 0 spiro atoms. The van der Waals surface area contributed by atoms with E-state index < -0.39 is 5.97 Å². The predicted octanol–water partition coefficient (Wildman–Crippen LogP) is 2.85. The van der Waals surface area contributed by atoms with Crippen molar-refractivity contribution in [2.45, 2.75) is 0 Å². The van der Waals surface area contributed by atoms with E-state index in [1.165, 1.54) is 6.26 Å². The van der Waals surface area contributed by atoms with Crippen molar-refractivity contribution >= 4 is 17.8 Å². The fourth-order valence-corrected chi connectivity index (χ4v) is 3.58. The fourth-order valence-electron chi connectivity index (χ4n) is 3.58. The molecule has 1 aromatic heterocycles. The number of carbonyl (C=O) groups is 3. The number of piperazine rings is 1. The minimum absolute atomic E-state index is 0.202. The number of carbonyl (C=O) groups excluding carboxylic acids is 3. The molecule has 8 heteroatoms. The second-order valence-electron chi connectivity index (χ2n) is 7.46. The quantitative estimate of drug-likeness (QED) is 0.517. The standard InChI is InChI=1S/C25H24N2O6/c28-23(26-12-14-27(15-13-26)25(30)22-11-6-16-31-22)17-33-24(29)18-32-21-10-5-4-9-20(21)19-7-2-1-3-8-19/h1-11,16H,12-15,17-18H2. The summed E-state index contributed by atoms with van der Waals surface area (Å²) in [4.78, 5) is 40.1. The number of rotatable bonds is 7. The lowest BCUT2D eigenvalue weighted by molar-refractivity contribution is -0.154. The maximum Gasteiger partial charge on any atom is 0.344 e. The van der Waals surface area contributed by atoms with Gasteiger partial charge in [0.05, 0.1) is 6.26 Å². The van der Waals surface area contributed by atoms with Crippen LogP contribution in [0.1, 0.15) is 10.6 Å². The SMILES string of the molecule is O=C(COc1ccccc1-c1ccccc1)OCC(=O)N1CCN(C(=O)c2ccco2)CC1. The topological polar surface area (TPSA) is 89.3 Å².